The van der Waals surface area contributed by atoms with Crippen molar-refractivity contribution in [2.45, 2.75) is 33.2 Å². The molecule has 2 rings (SSSR count). The Bertz CT molecular complexity index is 444. The van der Waals surface area contributed by atoms with Gasteiger partial charge in [0.05, 0.1) is 13.2 Å². The van der Waals surface area contributed by atoms with Gasteiger partial charge in [0.1, 0.15) is 11.6 Å². The summed E-state index contributed by atoms with van der Waals surface area (Å²) in [5.41, 5.74) is 1.50. The van der Waals surface area contributed by atoms with Gasteiger partial charge in [0.25, 0.3) is 0 Å². The summed E-state index contributed by atoms with van der Waals surface area (Å²) in [6.07, 6.45) is 1.04. The molecule has 0 amide bonds. The molecule has 0 bridgehead atoms. The first-order chi connectivity index (χ1) is 9.61. The summed E-state index contributed by atoms with van der Waals surface area (Å²) in [6.45, 7) is 8.89. The quantitative estimate of drug-likeness (QED) is 0.868. The molecule has 1 aromatic carbocycles. The summed E-state index contributed by atoms with van der Waals surface area (Å²) in [6, 6.07) is 3.46. The molecule has 2 atom stereocenters. The minimum atomic E-state index is -0.179. The molecule has 0 aliphatic carbocycles. The summed E-state index contributed by atoms with van der Waals surface area (Å²) in [5, 5.41) is 3.31. The SMILES string of the molecule is CCNC(C)c1cc(F)c(C)cc1OCC1CCOC1. The Morgan fingerprint density at radius 1 is 1.50 bits per heavy atom. The molecule has 20 heavy (non-hydrogen) atoms. The maximum atomic E-state index is 13.8. The van der Waals surface area contributed by atoms with Gasteiger partial charge in [0, 0.05) is 24.1 Å². The van der Waals surface area contributed by atoms with E-state index in [4.69, 9.17) is 9.47 Å². The average Bonchev–Trinajstić information content (AvgIpc) is 2.93. The first-order valence-electron chi connectivity index (χ1n) is 7.35. The van der Waals surface area contributed by atoms with Crippen LogP contribution in [0, 0.1) is 18.7 Å². The second-order valence-electron chi connectivity index (χ2n) is 5.46. The van der Waals surface area contributed by atoms with E-state index in [-0.39, 0.29) is 11.9 Å². The molecule has 0 saturated carbocycles. The van der Waals surface area contributed by atoms with Crippen molar-refractivity contribution in [2.75, 3.05) is 26.4 Å². The summed E-state index contributed by atoms with van der Waals surface area (Å²) in [7, 11) is 0. The highest BCUT2D eigenvalue weighted by atomic mass is 19.1. The van der Waals surface area contributed by atoms with Gasteiger partial charge in [0.2, 0.25) is 0 Å². The van der Waals surface area contributed by atoms with E-state index in [1.807, 2.05) is 13.8 Å². The van der Waals surface area contributed by atoms with Gasteiger partial charge >= 0.3 is 0 Å². The van der Waals surface area contributed by atoms with Crippen molar-refractivity contribution in [3.63, 3.8) is 0 Å². The van der Waals surface area contributed by atoms with Crippen LogP contribution in [-0.2, 0) is 4.74 Å². The molecule has 0 radical (unpaired) electrons. The molecule has 0 spiro atoms. The second-order valence-corrected chi connectivity index (χ2v) is 5.46. The van der Waals surface area contributed by atoms with Crippen molar-refractivity contribution in [3.8, 4) is 5.75 Å². The molecule has 2 unspecified atom stereocenters. The zero-order valence-corrected chi connectivity index (χ0v) is 12.5. The van der Waals surface area contributed by atoms with Gasteiger partial charge in [-0.05, 0) is 44.5 Å². The smallest absolute Gasteiger partial charge is 0.126 e. The molecule has 1 aromatic rings. The molecule has 4 heteroatoms. The van der Waals surface area contributed by atoms with Crippen LogP contribution in [0.1, 0.15) is 37.4 Å². The highest BCUT2D eigenvalue weighted by Crippen LogP contribution is 2.29. The minimum Gasteiger partial charge on any atom is -0.493 e. The minimum absolute atomic E-state index is 0.0740. The van der Waals surface area contributed by atoms with Gasteiger partial charge < -0.3 is 14.8 Å². The van der Waals surface area contributed by atoms with Crippen molar-refractivity contribution < 1.29 is 13.9 Å². The zero-order valence-electron chi connectivity index (χ0n) is 12.5. The van der Waals surface area contributed by atoms with E-state index in [0.29, 0.717) is 18.1 Å². The molecule has 1 saturated heterocycles. The van der Waals surface area contributed by atoms with Crippen LogP contribution in [0.4, 0.5) is 4.39 Å². The molecule has 3 nitrogen and oxygen atoms in total. The van der Waals surface area contributed by atoms with E-state index in [1.165, 1.54) is 0 Å². The van der Waals surface area contributed by atoms with Gasteiger partial charge in [-0.1, -0.05) is 6.92 Å². The Hall–Kier alpha value is -1.13. The molecule has 1 heterocycles. The molecule has 1 N–H and O–H groups in total. The monoisotopic (exact) mass is 281 g/mol. The third-order valence-electron chi connectivity index (χ3n) is 3.77. The second kappa shape index (κ2) is 7.04. The number of benzene rings is 1. The average molecular weight is 281 g/mol. The number of nitrogens with one attached hydrogen (secondary N) is 1. The first-order valence-corrected chi connectivity index (χ1v) is 7.35. The largest absolute Gasteiger partial charge is 0.493 e. The summed E-state index contributed by atoms with van der Waals surface area (Å²) >= 11 is 0. The highest BCUT2D eigenvalue weighted by Gasteiger charge is 2.19. The predicted molar refractivity (Wildman–Crippen MR) is 77.6 cm³/mol. The normalized spacial score (nSPS) is 20.1. The molecule has 112 valence electrons. The number of halogens is 1. The third-order valence-corrected chi connectivity index (χ3v) is 3.77. The number of aryl methyl sites for hydroxylation is 1. The van der Waals surface area contributed by atoms with Crippen LogP contribution in [0.5, 0.6) is 5.75 Å². The number of rotatable bonds is 6. The molecular weight excluding hydrogens is 257 g/mol. The van der Waals surface area contributed by atoms with Gasteiger partial charge in [-0.25, -0.2) is 4.39 Å². The Labute approximate surface area is 120 Å². The van der Waals surface area contributed by atoms with Crippen molar-refractivity contribution >= 4 is 0 Å². The van der Waals surface area contributed by atoms with Crippen LogP contribution in [0.25, 0.3) is 0 Å². The third kappa shape index (κ3) is 3.70. The lowest BCUT2D eigenvalue weighted by molar-refractivity contribution is 0.166. The lowest BCUT2D eigenvalue weighted by Gasteiger charge is -2.20. The van der Waals surface area contributed by atoms with E-state index in [0.717, 1.165) is 37.5 Å². The summed E-state index contributed by atoms with van der Waals surface area (Å²) < 4.78 is 25.1. The number of ether oxygens (including phenoxy) is 2. The zero-order chi connectivity index (χ0) is 14.5. The fraction of sp³-hybridized carbons (Fsp3) is 0.625. The van der Waals surface area contributed by atoms with Crippen LogP contribution >= 0.6 is 0 Å². The van der Waals surface area contributed by atoms with Crippen LogP contribution < -0.4 is 10.1 Å². The lowest BCUT2D eigenvalue weighted by atomic mass is 10.0. The topological polar surface area (TPSA) is 30.5 Å². The Kier molecular flexibility index (Phi) is 5.38. The lowest BCUT2D eigenvalue weighted by Crippen LogP contribution is -2.20. The van der Waals surface area contributed by atoms with E-state index < -0.39 is 0 Å². The Balaban J connectivity index is 2.13. The van der Waals surface area contributed by atoms with Crippen LogP contribution in [0.3, 0.4) is 0 Å². The van der Waals surface area contributed by atoms with Crippen molar-refractivity contribution in [1.29, 1.82) is 0 Å². The van der Waals surface area contributed by atoms with E-state index in [9.17, 15) is 4.39 Å². The van der Waals surface area contributed by atoms with Gasteiger partial charge in [-0.15, -0.1) is 0 Å². The first kappa shape index (κ1) is 15.3. The summed E-state index contributed by atoms with van der Waals surface area (Å²) in [4.78, 5) is 0. The van der Waals surface area contributed by atoms with Gasteiger partial charge in [0.15, 0.2) is 0 Å². The van der Waals surface area contributed by atoms with Crippen molar-refractivity contribution in [3.05, 3.63) is 29.1 Å². The highest BCUT2D eigenvalue weighted by molar-refractivity contribution is 5.40. The number of hydrogen-bond donors (Lipinski definition) is 1. The fourth-order valence-electron chi connectivity index (χ4n) is 2.47. The maximum absolute atomic E-state index is 13.8. The molecule has 1 aliphatic rings. The van der Waals surface area contributed by atoms with E-state index in [2.05, 4.69) is 5.32 Å². The molecular formula is C16H24FNO2. The van der Waals surface area contributed by atoms with Gasteiger partial charge in [-0.2, -0.15) is 0 Å². The predicted octanol–water partition coefficient (Wildman–Crippen LogP) is 3.22. The van der Waals surface area contributed by atoms with E-state index in [1.54, 1.807) is 19.1 Å². The standard InChI is InChI=1S/C16H24FNO2/c1-4-18-12(3)14-8-15(17)11(2)7-16(14)20-10-13-5-6-19-9-13/h7-8,12-13,18H,4-6,9-10H2,1-3H3. The van der Waals surface area contributed by atoms with Gasteiger partial charge in [-0.3, -0.25) is 0 Å². The summed E-state index contributed by atoms with van der Waals surface area (Å²) in [5.74, 6) is 1.05. The Morgan fingerprint density at radius 3 is 2.95 bits per heavy atom. The van der Waals surface area contributed by atoms with Crippen molar-refractivity contribution in [1.82, 2.24) is 5.32 Å². The molecule has 1 aliphatic heterocycles. The number of hydrogen-bond acceptors (Lipinski definition) is 3. The maximum Gasteiger partial charge on any atom is 0.126 e. The Morgan fingerprint density at radius 2 is 2.30 bits per heavy atom. The van der Waals surface area contributed by atoms with Crippen LogP contribution in [0.2, 0.25) is 0 Å². The van der Waals surface area contributed by atoms with Crippen LogP contribution in [0.15, 0.2) is 12.1 Å². The van der Waals surface area contributed by atoms with Crippen LogP contribution in [-0.4, -0.2) is 26.4 Å². The van der Waals surface area contributed by atoms with E-state index >= 15 is 0 Å². The fourth-order valence-corrected chi connectivity index (χ4v) is 2.47. The molecule has 0 aromatic heterocycles. The van der Waals surface area contributed by atoms with Crippen molar-refractivity contribution in [2.24, 2.45) is 5.92 Å². The molecule has 1 fully saturated rings.